The molecule has 0 spiro atoms. The highest BCUT2D eigenvalue weighted by Crippen LogP contribution is 2.13. The van der Waals surface area contributed by atoms with Crippen molar-refractivity contribution < 1.29 is 0 Å². The van der Waals surface area contributed by atoms with Gasteiger partial charge in [-0.15, -0.1) is 0 Å². The van der Waals surface area contributed by atoms with Crippen LogP contribution in [0.3, 0.4) is 0 Å². The second kappa shape index (κ2) is 3.96. The second-order valence-electron chi connectivity index (χ2n) is 2.84. The van der Waals surface area contributed by atoms with E-state index in [2.05, 4.69) is 43.6 Å². The van der Waals surface area contributed by atoms with Crippen LogP contribution in [0, 0.1) is 6.92 Å². The maximum Gasteiger partial charge on any atom is 0.0452 e. The number of aromatic amines is 1. The van der Waals surface area contributed by atoms with Crippen LogP contribution in [-0.2, 0) is 0 Å². The lowest BCUT2D eigenvalue weighted by Crippen LogP contribution is -1.74. The third-order valence-corrected chi connectivity index (χ3v) is 1.75. The molecule has 0 saturated carbocycles. The van der Waals surface area contributed by atoms with Crippen LogP contribution in [0.2, 0.25) is 0 Å². The molecule has 1 aromatic rings. The Morgan fingerprint density at radius 2 is 2.33 bits per heavy atom. The molecule has 1 heterocycles. The van der Waals surface area contributed by atoms with Gasteiger partial charge in [-0.1, -0.05) is 25.7 Å². The first-order chi connectivity index (χ1) is 5.77. The maximum atomic E-state index is 3.76. The van der Waals surface area contributed by atoms with E-state index in [-0.39, 0.29) is 0 Å². The zero-order chi connectivity index (χ0) is 8.97. The van der Waals surface area contributed by atoms with E-state index in [9.17, 15) is 0 Å². The Labute approximate surface area is 73.8 Å². The molecule has 1 nitrogen and oxygen atoms in total. The second-order valence-corrected chi connectivity index (χ2v) is 2.84. The van der Waals surface area contributed by atoms with Gasteiger partial charge in [0.15, 0.2) is 0 Å². The van der Waals surface area contributed by atoms with E-state index in [1.54, 1.807) is 0 Å². The van der Waals surface area contributed by atoms with Crippen LogP contribution in [0.1, 0.15) is 30.3 Å². The molecule has 1 aromatic heterocycles. The summed E-state index contributed by atoms with van der Waals surface area (Å²) in [6.07, 6.45) is 7.18. The minimum Gasteiger partial charge on any atom is -0.359 e. The minimum absolute atomic E-state index is 1.06. The average molecular weight is 161 g/mol. The van der Waals surface area contributed by atoms with Crippen molar-refractivity contribution in [3.8, 4) is 0 Å². The first-order valence-electron chi connectivity index (χ1n) is 4.26. The lowest BCUT2D eigenvalue weighted by molar-refractivity contribution is 1.22. The van der Waals surface area contributed by atoms with Crippen LogP contribution in [0.25, 0.3) is 12.2 Å². The highest BCUT2D eigenvalue weighted by atomic mass is 14.7. The molecule has 0 aliphatic carbocycles. The van der Waals surface area contributed by atoms with Gasteiger partial charge < -0.3 is 4.98 Å². The van der Waals surface area contributed by atoms with Crippen molar-refractivity contribution in [2.24, 2.45) is 0 Å². The number of allylic oxidation sites excluding steroid dienone is 1. The summed E-state index contributed by atoms with van der Waals surface area (Å²) in [7, 11) is 0. The average Bonchev–Trinajstić information content (AvgIpc) is 2.42. The maximum absolute atomic E-state index is 3.76. The normalized spacial score (nSPS) is 10.8. The van der Waals surface area contributed by atoms with Gasteiger partial charge in [-0.05, 0) is 31.1 Å². The summed E-state index contributed by atoms with van der Waals surface area (Å²) in [5, 5.41) is 0. The van der Waals surface area contributed by atoms with Gasteiger partial charge >= 0.3 is 0 Å². The Kier molecular flexibility index (Phi) is 2.92. The van der Waals surface area contributed by atoms with Crippen LogP contribution in [0.15, 0.2) is 18.7 Å². The van der Waals surface area contributed by atoms with Gasteiger partial charge in [0.1, 0.15) is 0 Å². The molecule has 0 aliphatic heterocycles. The van der Waals surface area contributed by atoms with Crippen molar-refractivity contribution in [2.75, 3.05) is 0 Å². The highest BCUT2D eigenvalue weighted by molar-refractivity contribution is 5.62. The Hall–Kier alpha value is -1.24. The fourth-order valence-corrected chi connectivity index (χ4v) is 1.17. The molecule has 0 fully saturated rings. The van der Waals surface area contributed by atoms with E-state index in [4.69, 9.17) is 0 Å². The molecular formula is C11H15N. The molecule has 0 radical (unpaired) electrons. The number of aromatic nitrogens is 1. The molecule has 0 amide bonds. The summed E-state index contributed by atoms with van der Waals surface area (Å²) in [5.41, 5.74) is 3.52. The molecule has 1 N–H and O–H groups in total. The van der Waals surface area contributed by atoms with E-state index < -0.39 is 0 Å². The lowest BCUT2D eigenvalue weighted by atomic mass is 10.2. The van der Waals surface area contributed by atoms with Gasteiger partial charge in [0, 0.05) is 11.4 Å². The number of hydrogen-bond acceptors (Lipinski definition) is 0. The molecule has 0 saturated heterocycles. The van der Waals surface area contributed by atoms with E-state index in [0.29, 0.717) is 0 Å². The molecule has 0 unspecified atom stereocenters. The Bertz CT molecular complexity index is 292. The van der Waals surface area contributed by atoms with Crippen LogP contribution in [0.4, 0.5) is 0 Å². The van der Waals surface area contributed by atoms with E-state index in [1.165, 1.54) is 11.3 Å². The van der Waals surface area contributed by atoms with Crippen molar-refractivity contribution in [3.63, 3.8) is 0 Å². The summed E-state index contributed by atoms with van der Waals surface area (Å²) in [5.74, 6) is 0. The molecule has 12 heavy (non-hydrogen) atoms. The molecule has 0 atom stereocenters. The molecule has 0 aromatic carbocycles. The standard InChI is InChI=1S/C11H15N/c1-4-6-7-11-10(5-2)8-9(3)12-11/h5-8,12H,2,4H2,1,3H3/b7-6-. The van der Waals surface area contributed by atoms with Crippen molar-refractivity contribution in [1.29, 1.82) is 0 Å². The fourth-order valence-electron chi connectivity index (χ4n) is 1.17. The Morgan fingerprint density at radius 3 is 2.92 bits per heavy atom. The summed E-state index contributed by atoms with van der Waals surface area (Å²) < 4.78 is 0. The van der Waals surface area contributed by atoms with Gasteiger partial charge in [0.2, 0.25) is 0 Å². The molecular weight excluding hydrogens is 146 g/mol. The monoisotopic (exact) mass is 161 g/mol. The predicted molar refractivity (Wildman–Crippen MR) is 54.9 cm³/mol. The Morgan fingerprint density at radius 1 is 1.58 bits per heavy atom. The fraction of sp³-hybridized carbons (Fsp3) is 0.273. The SMILES string of the molecule is C=Cc1cc(C)[nH]c1/C=C\CC. The third kappa shape index (κ3) is 1.88. The molecule has 64 valence electrons. The minimum atomic E-state index is 1.06. The van der Waals surface area contributed by atoms with Crippen molar-refractivity contribution in [3.05, 3.63) is 35.7 Å². The molecule has 0 aliphatic rings. The van der Waals surface area contributed by atoms with Crippen molar-refractivity contribution in [2.45, 2.75) is 20.3 Å². The zero-order valence-electron chi connectivity index (χ0n) is 7.72. The molecule has 1 heteroatoms. The smallest absolute Gasteiger partial charge is 0.0452 e. The van der Waals surface area contributed by atoms with Gasteiger partial charge in [-0.25, -0.2) is 0 Å². The first kappa shape index (κ1) is 8.85. The van der Waals surface area contributed by atoms with Gasteiger partial charge in [0.05, 0.1) is 0 Å². The summed E-state index contributed by atoms with van der Waals surface area (Å²) in [4.78, 5) is 3.27. The molecule has 0 bridgehead atoms. The first-order valence-corrected chi connectivity index (χ1v) is 4.26. The van der Waals surface area contributed by atoms with Crippen molar-refractivity contribution >= 4 is 12.2 Å². The van der Waals surface area contributed by atoms with E-state index in [0.717, 1.165) is 12.1 Å². The van der Waals surface area contributed by atoms with Crippen LogP contribution in [-0.4, -0.2) is 4.98 Å². The highest BCUT2D eigenvalue weighted by Gasteiger charge is 1.97. The van der Waals surface area contributed by atoms with Crippen LogP contribution >= 0.6 is 0 Å². The van der Waals surface area contributed by atoms with Gasteiger partial charge in [-0.3, -0.25) is 0 Å². The third-order valence-electron chi connectivity index (χ3n) is 1.75. The largest absolute Gasteiger partial charge is 0.359 e. The van der Waals surface area contributed by atoms with Gasteiger partial charge in [-0.2, -0.15) is 0 Å². The number of H-pyrrole nitrogens is 1. The zero-order valence-corrected chi connectivity index (χ0v) is 7.72. The number of aryl methyl sites for hydroxylation is 1. The van der Waals surface area contributed by atoms with Gasteiger partial charge in [0.25, 0.3) is 0 Å². The summed E-state index contributed by atoms with van der Waals surface area (Å²) >= 11 is 0. The predicted octanol–water partition coefficient (Wildman–Crippen LogP) is 3.39. The van der Waals surface area contributed by atoms with Crippen molar-refractivity contribution in [1.82, 2.24) is 4.98 Å². The molecule has 1 rings (SSSR count). The Balaban J connectivity index is 2.96. The number of rotatable bonds is 3. The summed E-state index contributed by atoms with van der Waals surface area (Å²) in [6.45, 7) is 7.94. The quantitative estimate of drug-likeness (QED) is 0.699. The summed E-state index contributed by atoms with van der Waals surface area (Å²) in [6, 6.07) is 2.10. The van der Waals surface area contributed by atoms with E-state index >= 15 is 0 Å². The van der Waals surface area contributed by atoms with E-state index in [1.807, 2.05) is 6.08 Å². The number of nitrogens with one attached hydrogen (secondary N) is 1. The van der Waals surface area contributed by atoms with Crippen LogP contribution < -0.4 is 0 Å². The number of hydrogen-bond donors (Lipinski definition) is 1. The topological polar surface area (TPSA) is 15.8 Å². The van der Waals surface area contributed by atoms with Crippen LogP contribution in [0.5, 0.6) is 0 Å². The lowest BCUT2D eigenvalue weighted by Gasteiger charge is -1.89.